The zero-order chi connectivity index (χ0) is 8.77. The van der Waals surface area contributed by atoms with Gasteiger partial charge in [-0.15, -0.1) is 0 Å². The molecule has 1 aromatic rings. The van der Waals surface area contributed by atoms with Gasteiger partial charge in [-0.1, -0.05) is 0 Å². The topological polar surface area (TPSA) is 13.1 Å². The summed E-state index contributed by atoms with van der Waals surface area (Å²) < 4.78 is 6.56. The van der Waals surface area contributed by atoms with E-state index in [2.05, 4.69) is 21.0 Å². The Kier molecular flexibility index (Phi) is 1.55. The van der Waals surface area contributed by atoms with Gasteiger partial charge in [0.1, 0.15) is 6.54 Å². The van der Waals surface area contributed by atoms with E-state index < -0.39 is 0 Å². The summed E-state index contributed by atoms with van der Waals surface area (Å²) in [6.07, 6.45) is 3.06. The third-order valence-corrected chi connectivity index (χ3v) is 2.73. The summed E-state index contributed by atoms with van der Waals surface area (Å²) >= 11 is 0. The highest BCUT2D eigenvalue weighted by Crippen LogP contribution is 2.25. The maximum atomic E-state index is 5.51. The average molecular weight is 166 g/mol. The van der Waals surface area contributed by atoms with Crippen molar-refractivity contribution in [3.05, 3.63) is 23.2 Å². The number of hydrogen-bond acceptors (Lipinski definition) is 1. The zero-order valence-electron chi connectivity index (χ0n) is 8.05. The smallest absolute Gasteiger partial charge is 0.161 e. The Morgan fingerprint density at radius 3 is 2.92 bits per heavy atom. The van der Waals surface area contributed by atoms with Crippen LogP contribution in [0.1, 0.15) is 16.9 Å². The minimum Gasteiger partial charge on any atom is -0.463 e. The number of hydrogen-bond donors (Lipinski definition) is 0. The van der Waals surface area contributed by atoms with Crippen LogP contribution in [0.5, 0.6) is 0 Å². The van der Waals surface area contributed by atoms with Gasteiger partial charge in [-0.3, -0.25) is 0 Å². The lowest BCUT2D eigenvalue weighted by Crippen LogP contribution is -2.43. The second-order valence-corrected chi connectivity index (χ2v) is 4.39. The van der Waals surface area contributed by atoms with Gasteiger partial charge in [0.25, 0.3) is 0 Å². The molecule has 2 heterocycles. The van der Waals surface area contributed by atoms with E-state index in [1.165, 1.54) is 29.9 Å². The van der Waals surface area contributed by atoms with Gasteiger partial charge in [0.2, 0.25) is 0 Å². The third-order valence-electron chi connectivity index (χ3n) is 2.73. The maximum absolute atomic E-state index is 5.51. The van der Waals surface area contributed by atoms with Gasteiger partial charge in [0.05, 0.1) is 26.9 Å². The molecule has 0 amide bonds. The molecular formula is C10H16NO+. The number of aryl methyl sites for hydroxylation is 1. The fourth-order valence-electron chi connectivity index (χ4n) is 1.87. The molecule has 0 atom stereocenters. The molecule has 1 aliphatic heterocycles. The van der Waals surface area contributed by atoms with Crippen molar-refractivity contribution in [2.45, 2.75) is 19.9 Å². The third kappa shape index (κ3) is 1.16. The summed E-state index contributed by atoms with van der Waals surface area (Å²) in [7, 11) is 4.50. The molecule has 0 aliphatic carbocycles. The first-order valence-electron chi connectivity index (χ1n) is 4.46. The minimum absolute atomic E-state index is 1.04. The molecule has 0 unspecified atom stereocenters. The van der Waals surface area contributed by atoms with Gasteiger partial charge in [0.15, 0.2) is 5.76 Å². The van der Waals surface area contributed by atoms with Crippen LogP contribution in [-0.4, -0.2) is 25.1 Å². The Morgan fingerprint density at radius 1 is 1.42 bits per heavy atom. The van der Waals surface area contributed by atoms with Crippen LogP contribution in [0.3, 0.4) is 0 Å². The van der Waals surface area contributed by atoms with Crippen molar-refractivity contribution in [1.82, 2.24) is 0 Å². The predicted molar refractivity (Wildman–Crippen MR) is 47.8 cm³/mol. The van der Waals surface area contributed by atoms with E-state index >= 15 is 0 Å². The first kappa shape index (κ1) is 7.87. The van der Waals surface area contributed by atoms with Gasteiger partial charge in [0, 0.05) is 12.0 Å². The molecule has 0 fully saturated rings. The lowest BCUT2D eigenvalue weighted by molar-refractivity contribution is -0.906. The molecule has 1 aromatic heterocycles. The predicted octanol–water partition coefficient (Wildman–Crippen LogP) is 1.72. The van der Waals surface area contributed by atoms with Gasteiger partial charge >= 0.3 is 0 Å². The van der Waals surface area contributed by atoms with Crippen LogP contribution in [0.15, 0.2) is 10.7 Å². The molecule has 12 heavy (non-hydrogen) atoms. The highest BCUT2D eigenvalue weighted by Gasteiger charge is 2.27. The maximum Gasteiger partial charge on any atom is 0.161 e. The van der Waals surface area contributed by atoms with Gasteiger partial charge < -0.3 is 8.90 Å². The van der Waals surface area contributed by atoms with Crippen LogP contribution in [0.25, 0.3) is 0 Å². The van der Waals surface area contributed by atoms with Crippen molar-refractivity contribution in [3.63, 3.8) is 0 Å². The standard InChI is InChI=1S/C10H16NO/c1-8-7-12-10-6-11(2,3)5-4-9(8)10/h7H,4-6H2,1-3H3/q+1. The average Bonchev–Trinajstić information content (AvgIpc) is 2.30. The van der Waals surface area contributed by atoms with Crippen LogP contribution >= 0.6 is 0 Å². The highest BCUT2D eigenvalue weighted by molar-refractivity contribution is 5.27. The molecule has 2 rings (SSSR count). The van der Waals surface area contributed by atoms with E-state index in [0.29, 0.717) is 0 Å². The van der Waals surface area contributed by atoms with Gasteiger partial charge in [-0.05, 0) is 12.5 Å². The summed E-state index contributed by atoms with van der Waals surface area (Å²) in [5.74, 6) is 1.20. The van der Waals surface area contributed by atoms with E-state index in [9.17, 15) is 0 Å². The van der Waals surface area contributed by atoms with Crippen molar-refractivity contribution in [2.75, 3.05) is 20.6 Å². The Morgan fingerprint density at radius 2 is 2.17 bits per heavy atom. The number of nitrogens with zero attached hydrogens (tertiary/aromatic N) is 1. The normalized spacial score (nSPS) is 20.6. The number of likely N-dealkylation sites (N-methyl/N-ethyl adjacent to an activating group) is 1. The molecule has 0 aromatic carbocycles. The van der Waals surface area contributed by atoms with Crippen LogP contribution in [0.4, 0.5) is 0 Å². The van der Waals surface area contributed by atoms with Crippen molar-refractivity contribution in [1.29, 1.82) is 0 Å². The SMILES string of the molecule is Cc1coc2c1CC[N+](C)(C)C2. The fraction of sp³-hybridized carbons (Fsp3) is 0.600. The zero-order valence-corrected chi connectivity index (χ0v) is 8.05. The molecular weight excluding hydrogens is 150 g/mol. The Hall–Kier alpha value is -0.760. The van der Waals surface area contributed by atoms with Gasteiger partial charge in [-0.25, -0.2) is 0 Å². The van der Waals surface area contributed by atoms with Crippen molar-refractivity contribution < 1.29 is 8.90 Å². The molecule has 0 saturated heterocycles. The van der Waals surface area contributed by atoms with E-state index in [1.54, 1.807) is 0 Å². The molecule has 0 N–H and O–H groups in total. The number of furan rings is 1. The van der Waals surface area contributed by atoms with Gasteiger partial charge in [-0.2, -0.15) is 0 Å². The summed E-state index contributed by atoms with van der Waals surface area (Å²) in [5, 5.41) is 0. The van der Waals surface area contributed by atoms with E-state index in [0.717, 1.165) is 11.0 Å². The molecule has 66 valence electrons. The monoisotopic (exact) mass is 166 g/mol. The second kappa shape index (κ2) is 2.36. The summed E-state index contributed by atoms with van der Waals surface area (Å²) in [6.45, 7) is 4.41. The number of rotatable bonds is 0. The van der Waals surface area contributed by atoms with Crippen molar-refractivity contribution >= 4 is 0 Å². The summed E-state index contributed by atoms with van der Waals surface area (Å²) in [6, 6.07) is 0. The molecule has 2 nitrogen and oxygen atoms in total. The second-order valence-electron chi connectivity index (χ2n) is 4.39. The van der Waals surface area contributed by atoms with Crippen molar-refractivity contribution in [3.8, 4) is 0 Å². The lowest BCUT2D eigenvalue weighted by atomic mass is 10.0. The summed E-state index contributed by atoms with van der Waals surface area (Å²) in [4.78, 5) is 0. The van der Waals surface area contributed by atoms with Crippen molar-refractivity contribution in [2.24, 2.45) is 0 Å². The van der Waals surface area contributed by atoms with Crippen LogP contribution in [0.2, 0.25) is 0 Å². The summed E-state index contributed by atoms with van der Waals surface area (Å²) in [5.41, 5.74) is 2.78. The van der Waals surface area contributed by atoms with Crippen LogP contribution < -0.4 is 0 Å². The molecule has 1 aliphatic rings. The number of quaternary nitrogens is 1. The fourth-order valence-corrected chi connectivity index (χ4v) is 1.87. The molecule has 0 spiro atoms. The van der Waals surface area contributed by atoms with Crippen LogP contribution in [-0.2, 0) is 13.0 Å². The lowest BCUT2D eigenvalue weighted by Gasteiger charge is -2.32. The van der Waals surface area contributed by atoms with E-state index in [1.807, 2.05) is 6.26 Å². The Labute approximate surface area is 73.4 Å². The Balaban J connectivity index is 2.37. The molecule has 0 bridgehead atoms. The largest absolute Gasteiger partial charge is 0.463 e. The minimum atomic E-state index is 1.04. The molecule has 0 radical (unpaired) electrons. The van der Waals surface area contributed by atoms with E-state index in [4.69, 9.17) is 4.42 Å². The first-order chi connectivity index (χ1) is 5.58. The Bertz CT molecular complexity index is 299. The van der Waals surface area contributed by atoms with Crippen LogP contribution in [0, 0.1) is 6.92 Å². The molecule has 0 saturated carbocycles. The first-order valence-corrected chi connectivity index (χ1v) is 4.46. The van der Waals surface area contributed by atoms with E-state index in [-0.39, 0.29) is 0 Å². The quantitative estimate of drug-likeness (QED) is 0.535. The molecule has 2 heteroatoms. The number of fused-ring (bicyclic) bond motifs is 1. The highest BCUT2D eigenvalue weighted by atomic mass is 16.3.